The second-order valence-corrected chi connectivity index (χ2v) is 11.9. The Labute approximate surface area is 293 Å². The van der Waals surface area contributed by atoms with E-state index in [4.69, 9.17) is 25.1 Å². The van der Waals surface area contributed by atoms with E-state index >= 15 is 0 Å². The zero-order valence-corrected chi connectivity index (χ0v) is 27.2. The summed E-state index contributed by atoms with van der Waals surface area (Å²) in [6, 6.07) is 47.3. The molecule has 0 spiro atoms. The number of nitrogens with one attached hydrogen (secondary N) is 2. The van der Waals surface area contributed by atoms with Crippen molar-refractivity contribution in [3.05, 3.63) is 175 Å². The van der Waals surface area contributed by atoms with Crippen LogP contribution < -0.4 is 5.32 Å². The standard InChI is InChI=1S/C42H29N9/c43-37(28-16-4-1-5-17-28)34(31-22-10-13-25-44-31)40-47-41-35(32-23-11-14-26-45-32)38(29-18-6-2-7-19-29)48-51(41)42-36(33-24-12-15-27-46-33)39(49-50(40)42)30-20-8-3-9-21-30/h1-27,43,47H/b40-34+,43-37?. The molecule has 1 aliphatic rings. The predicted molar refractivity (Wildman–Crippen MR) is 201 cm³/mol. The number of hydrogen-bond acceptors (Lipinski definition) is 7. The second-order valence-electron chi connectivity index (χ2n) is 11.9. The Kier molecular flexibility index (Phi) is 7.40. The third-order valence-corrected chi connectivity index (χ3v) is 8.80. The molecule has 242 valence electrons. The van der Waals surface area contributed by atoms with E-state index in [9.17, 15) is 5.41 Å². The second kappa shape index (κ2) is 12.6. The zero-order valence-electron chi connectivity index (χ0n) is 27.2. The highest BCUT2D eigenvalue weighted by Crippen LogP contribution is 2.47. The molecule has 0 aliphatic carbocycles. The highest BCUT2D eigenvalue weighted by atomic mass is 15.5. The molecule has 0 saturated carbocycles. The summed E-state index contributed by atoms with van der Waals surface area (Å²) < 4.78 is 3.76. The lowest BCUT2D eigenvalue weighted by molar-refractivity contribution is 0.759. The molecule has 0 fully saturated rings. The van der Waals surface area contributed by atoms with Gasteiger partial charge < -0.3 is 5.32 Å². The van der Waals surface area contributed by atoms with Gasteiger partial charge in [-0.2, -0.15) is 19.6 Å². The minimum Gasteiger partial charge on any atom is -0.323 e. The molecule has 51 heavy (non-hydrogen) atoms. The van der Waals surface area contributed by atoms with E-state index in [1.54, 1.807) is 18.6 Å². The van der Waals surface area contributed by atoms with Crippen molar-refractivity contribution in [2.75, 3.05) is 5.32 Å². The van der Waals surface area contributed by atoms with Gasteiger partial charge >= 0.3 is 0 Å². The average molecular weight is 660 g/mol. The van der Waals surface area contributed by atoms with Gasteiger partial charge in [0.15, 0.2) is 5.82 Å². The van der Waals surface area contributed by atoms with Gasteiger partial charge in [-0.05, 0) is 36.4 Å². The Morgan fingerprint density at radius 2 is 1.02 bits per heavy atom. The van der Waals surface area contributed by atoms with Crippen LogP contribution in [0.5, 0.6) is 0 Å². The first-order chi connectivity index (χ1) is 25.3. The van der Waals surface area contributed by atoms with Crippen LogP contribution in [0.2, 0.25) is 0 Å². The quantitative estimate of drug-likeness (QED) is 0.166. The van der Waals surface area contributed by atoms with E-state index in [0.717, 1.165) is 50.6 Å². The van der Waals surface area contributed by atoms with Crippen LogP contribution in [-0.4, -0.2) is 40.2 Å². The van der Waals surface area contributed by atoms with Crippen molar-refractivity contribution in [2.24, 2.45) is 0 Å². The SMILES string of the molecule is N=C(/C(=C1\Nc2c(-c3ccccn3)c(-c3ccccc3)nn2-c2c(-c3ccccn3)c(-c3ccccc3)nn21)c1ccccn1)c1ccccc1. The van der Waals surface area contributed by atoms with Gasteiger partial charge in [0.1, 0.15) is 23.0 Å². The molecular formula is C42H29N9. The Hall–Kier alpha value is -7.26. The lowest BCUT2D eigenvalue weighted by Crippen LogP contribution is -2.25. The Bertz CT molecular complexity index is 2530. The van der Waals surface area contributed by atoms with Crippen molar-refractivity contribution < 1.29 is 0 Å². The topological polar surface area (TPSA) is 110 Å². The molecular weight excluding hydrogens is 631 g/mol. The number of aromatic nitrogens is 7. The summed E-state index contributed by atoms with van der Waals surface area (Å²) in [4.78, 5) is 14.4. The molecule has 1 aliphatic heterocycles. The normalized spacial score (nSPS) is 12.8. The summed E-state index contributed by atoms with van der Waals surface area (Å²) in [5.74, 6) is 1.91. The van der Waals surface area contributed by atoms with Gasteiger partial charge in [0.25, 0.3) is 0 Å². The fraction of sp³-hybridized carbons (Fsp3) is 0. The van der Waals surface area contributed by atoms with Crippen LogP contribution in [0.15, 0.2) is 164 Å². The van der Waals surface area contributed by atoms with E-state index < -0.39 is 0 Å². The number of rotatable bonds is 7. The highest BCUT2D eigenvalue weighted by Gasteiger charge is 2.36. The molecule has 2 N–H and O–H groups in total. The van der Waals surface area contributed by atoms with Crippen LogP contribution >= 0.6 is 0 Å². The number of fused-ring (bicyclic) bond motifs is 3. The zero-order chi connectivity index (χ0) is 34.1. The van der Waals surface area contributed by atoms with E-state index in [0.29, 0.717) is 28.7 Å². The summed E-state index contributed by atoms with van der Waals surface area (Å²) in [5, 5.41) is 24.1. The summed E-state index contributed by atoms with van der Waals surface area (Å²) in [7, 11) is 0. The monoisotopic (exact) mass is 659 g/mol. The Morgan fingerprint density at radius 3 is 1.59 bits per heavy atom. The lowest BCUT2D eigenvalue weighted by atomic mass is 9.98. The summed E-state index contributed by atoms with van der Waals surface area (Å²) in [6.45, 7) is 0. The van der Waals surface area contributed by atoms with E-state index in [-0.39, 0.29) is 5.71 Å². The number of nitrogens with zero attached hydrogens (tertiary/aromatic N) is 7. The number of hydrogen-bond donors (Lipinski definition) is 2. The van der Waals surface area contributed by atoms with Crippen molar-refractivity contribution in [3.8, 4) is 50.8 Å². The first-order valence-corrected chi connectivity index (χ1v) is 16.5. The van der Waals surface area contributed by atoms with Crippen molar-refractivity contribution in [1.82, 2.24) is 34.5 Å². The van der Waals surface area contributed by atoms with Crippen molar-refractivity contribution >= 4 is 22.9 Å². The third-order valence-electron chi connectivity index (χ3n) is 8.80. The van der Waals surface area contributed by atoms with Crippen molar-refractivity contribution in [1.29, 1.82) is 5.41 Å². The van der Waals surface area contributed by atoms with Crippen LogP contribution in [0.25, 0.3) is 62.2 Å². The van der Waals surface area contributed by atoms with Gasteiger partial charge in [0.2, 0.25) is 0 Å². The van der Waals surface area contributed by atoms with E-state index in [1.807, 2.05) is 155 Å². The van der Waals surface area contributed by atoms with Crippen LogP contribution in [0.3, 0.4) is 0 Å². The number of benzene rings is 3. The third kappa shape index (κ3) is 5.21. The summed E-state index contributed by atoms with van der Waals surface area (Å²) in [5.41, 5.74) is 8.62. The molecule has 0 amide bonds. The van der Waals surface area contributed by atoms with Gasteiger partial charge in [-0.3, -0.25) is 20.4 Å². The van der Waals surface area contributed by atoms with E-state index in [1.165, 1.54) is 0 Å². The molecule has 3 aromatic carbocycles. The maximum atomic E-state index is 9.71. The number of pyridine rings is 3. The van der Waals surface area contributed by atoms with Gasteiger partial charge in [-0.15, -0.1) is 0 Å². The smallest absolute Gasteiger partial charge is 0.171 e. The van der Waals surface area contributed by atoms with Crippen LogP contribution in [0, 0.1) is 5.41 Å². The largest absolute Gasteiger partial charge is 0.323 e. The molecule has 0 bridgehead atoms. The first-order valence-electron chi connectivity index (χ1n) is 16.5. The Morgan fingerprint density at radius 1 is 0.510 bits per heavy atom. The maximum absolute atomic E-state index is 9.71. The molecule has 9 rings (SSSR count). The molecule has 9 nitrogen and oxygen atoms in total. The lowest BCUT2D eigenvalue weighted by Gasteiger charge is -2.25. The fourth-order valence-corrected chi connectivity index (χ4v) is 6.50. The molecule has 0 radical (unpaired) electrons. The summed E-state index contributed by atoms with van der Waals surface area (Å²) in [6.07, 6.45) is 5.32. The molecule has 0 unspecified atom stereocenters. The fourth-order valence-electron chi connectivity index (χ4n) is 6.50. The van der Waals surface area contributed by atoms with E-state index in [2.05, 4.69) is 5.32 Å². The maximum Gasteiger partial charge on any atom is 0.171 e. The highest BCUT2D eigenvalue weighted by molar-refractivity contribution is 6.35. The molecule has 0 saturated heterocycles. The van der Waals surface area contributed by atoms with Crippen molar-refractivity contribution in [2.45, 2.75) is 0 Å². The van der Waals surface area contributed by atoms with Crippen LogP contribution in [-0.2, 0) is 0 Å². The van der Waals surface area contributed by atoms with Gasteiger partial charge in [-0.25, -0.2) is 0 Å². The van der Waals surface area contributed by atoms with Crippen LogP contribution in [0.4, 0.5) is 5.82 Å². The average Bonchev–Trinajstić information content (AvgIpc) is 3.80. The number of allylic oxidation sites excluding steroid dienone is 1. The molecule has 0 atom stereocenters. The minimum atomic E-state index is 0.287. The molecule has 6 heterocycles. The van der Waals surface area contributed by atoms with Gasteiger partial charge in [0, 0.05) is 35.3 Å². The van der Waals surface area contributed by atoms with Gasteiger partial charge in [-0.1, -0.05) is 109 Å². The first kappa shape index (κ1) is 29.8. The molecule has 5 aromatic heterocycles. The Balaban J connectivity index is 1.45. The predicted octanol–water partition coefficient (Wildman–Crippen LogP) is 8.74. The summed E-state index contributed by atoms with van der Waals surface area (Å²) >= 11 is 0. The molecule has 9 heteroatoms. The van der Waals surface area contributed by atoms with Crippen LogP contribution in [0.1, 0.15) is 11.3 Å². The van der Waals surface area contributed by atoms with Gasteiger partial charge in [0.05, 0.1) is 39.5 Å². The molecule has 8 aromatic rings. The minimum absolute atomic E-state index is 0.287. The number of anilines is 1. The van der Waals surface area contributed by atoms with Crippen molar-refractivity contribution in [3.63, 3.8) is 0 Å².